The Morgan fingerprint density at radius 1 is 0.383 bits per heavy atom. The Kier molecular flexibility index (Phi) is 7.29. The van der Waals surface area contributed by atoms with Gasteiger partial charge in [-0.25, -0.2) is 9.97 Å². The average molecular weight is 646 g/mol. The molecule has 0 unspecified atom stereocenters. The molecular formula is C40H29N3O2P2. The predicted octanol–water partition coefficient (Wildman–Crippen LogP) is 6.85. The largest absolute Gasteiger partial charge is 0.309 e. The van der Waals surface area contributed by atoms with Crippen LogP contribution in [-0.4, -0.2) is 14.5 Å². The SMILES string of the molecule is O=P(c1ccccc1)(c1ccccc1)c1ccc2c(c1)c1cc(P(=O)(c3ccccc3)c3ccccc3)ccc1n2-c1ncccn1. The van der Waals surface area contributed by atoms with E-state index in [9.17, 15) is 0 Å². The van der Waals surface area contributed by atoms with Gasteiger partial charge in [0.1, 0.15) is 0 Å². The molecule has 0 atom stereocenters. The first kappa shape index (κ1) is 29.1. The monoisotopic (exact) mass is 645 g/mol. The quantitative estimate of drug-likeness (QED) is 0.178. The Hall–Kier alpha value is -5.34. The van der Waals surface area contributed by atoms with Crippen LogP contribution in [0, 0.1) is 0 Å². The summed E-state index contributed by atoms with van der Waals surface area (Å²) >= 11 is 0. The molecule has 0 fully saturated rings. The summed E-state index contributed by atoms with van der Waals surface area (Å²) in [5.41, 5.74) is 1.74. The van der Waals surface area contributed by atoms with E-state index in [0.29, 0.717) is 5.95 Å². The van der Waals surface area contributed by atoms with Crippen molar-refractivity contribution < 1.29 is 9.13 Å². The van der Waals surface area contributed by atoms with Crippen molar-refractivity contribution in [2.45, 2.75) is 0 Å². The van der Waals surface area contributed by atoms with E-state index in [4.69, 9.17) is 0 Å². The Morgan fingerprint density at radius 2 is 0.723 bits per heavy atom. The zero-order chi connectivity index (χ0) is 31.8. The zero-order valence-electron chi connectivity index (χ0n) is 25.3. The maximum Gasteiger partial charge on any atom is 0.234 e. The van der Waals surface area contributed by atoms with Gasteiger partial charge in [0.25, 0.3) is 0 Å². The van der Waals surface area contributed by atoms with Crippen molar-refractivity contribution >= 4 is 67.9 Å². The summed E-state index contributed by atoms with van der Waals surface area (Å²) in [5, 5.41) is 6.25. The molecule has 0 saturated heterocycles. The summed E-state index contributed by atoms with van der Waals surface area (Å²) in [5.74, 6) is 0.525. The molecule has 8 rings (SSSR count). The van der Waals surface area contributed by atoms with Crippen molar-refractivity contribution in [3.63, 3.8) is 0 Å². The van der Waals surface area contributed by atoms with Gasteiger partial charge in [-0.2, -0.15) is 0 Å². The lowest BCUT2D eigenvalue weighted by Crippen LogP contribution is -2.25. The van der Waals surface area contributed by atoms with Gasteiger partial charge in [0.2, 0.25) is 5.95 Å². The first-order chi connectivity index (χ1) is 23.1. The Bertz CT molecular complexity index is 2210. The van der Waals surface area contributed by atoms with Gasteiger partial charge in [-0.1, -0.05) is 121 Å². The highest BCUT2D eigenvalue weighted by Crippen LogP contribution is 2.46. The third-order valence-corrected chi connectivity index (χ3v) is 14.8. The molecule has 2 heterocycles. The Morgan fingerprint density at radius 3 is 1.06 bits per heavy atom. The first-order valence-corrected chi connectivity index (χ1v) is 18.8. The smallest absolute Gasteiger partial charge is 0.234 e. The number of benzene rings is 6. The second-order valence-corrected chi connectivity index (χ2v) is 16.9. The number of fused-ring (bicyclic) bond motifs is 3. The van der Waals surface area contributed by atoms with E-state index >= 15 is 9.13 Å². The van der Waals surface area contributed by atoms with Gasteiger partial charge < -0.3 is 9.13 Å². The van der Waals surface area contributed by atoms with Crippen LogP contribution in [-0.2, 0) is 9.13 Å². The molecular weight excluding hydrogens is 616 g/mol. The molecule has 226 valence electrons. The molecule has 2 aromatic heterocycles. The Labute approximate surface area is 273 Å². The molecule has 0 N–H and O–H groups in total. The number of nitrogens with zero attached hydrogens (tertiary/aromatic N) is 3. The molecule has 0 aliphatic rings. The standard InChI is InChI=1S/C40H29N3O2P2/c44-46(30-14-5-1-6-15-30,31-16-7-2-8-17-31)34-22-24-38-36(28-34)37-29-35(23-25-39(37)43(38)40-41-26-13-27-42-40)47(45,32-18-9-3-10-19-32)33-20-11-4-12-21-33/h1-29H. The van der Waals surface area contributed by atoms with Crippen molar-refractivity contribution in [2.75, 3.05) is 0 Å². The Balaban J connectivity index is 1.44. The van der Waals surface area contributed by atoms with Crippen LogP contribution in [0.4, 0.5) is 0 Å². The van der Waals surface area contributed by atoms with E-state index < -0.39 is 14.3 Å². The van der Waals surface area contributed by atoms with Gasteiger partial charge in [-0.3, -0.25) is 4.57 Å². The van der Waals surface area contributed by atoms with Crippen LogP contribution in [0.15, 0.2) is 176 Å². The molecule has 6 aromatic carbocycles. The summed E-state index contributed by atoms with van der Waals surface area (Å²) < 4.78 is 32.8. The van der Waals surface area contributed by atoms with E-state index in [1.54, 1.807) is 18.5 Å². The molecule has 7 heteroatoms. The van der Waals surface area contributed by atoms with Crippen LogP contribution >= 0.6 is 14.3 Å². The normalized spacial score (nSPS) is 12.0. The number of hydrogen-bond donors (Lipinski definition) is 0. The van der Waals surface area contributed by atoms with Crippen LogP contribution < -0.4 is 31.8 Å². The molecule has 0 spiro atoms. The third kappa shape index (κ3) is 4.79. The lowest BCUT2D eigenvalue weighted by Gasteiger charge is -2.20. The second-order valence-electron chi connectivity index (χ2n) is 11.3. The lowest BCUT2D eigenvalue weighted by atomic mass is 10.1. The van der Waals surface area contributed by atoms with Crippen molar-refractivity contribution in [1.29, 1.82) is 0 Å². The van der Waals surface area contributed by atoms with Gasteiger partial charge in [0.15, 0.2) is 14.3 Å². The molecule has 5 nitrogen and oxygen atoms in total. The minimum Gasteiger partial charge on any atom is -0.309 e. The van der Waals surface area contributed by atoms with Crippen LogP contribution in [0.3, 0.4) is 0 Å². The highest BCUT2D eigenvalue weighted by atomic mass is 31.2. The number of rotatable bonds is 7. The predicted molar refractivity (Wildman–Crippen MR) is 195 cm³/mol. The van der Waals surface area contributed by atoms with Crippen LogP contribution in [0.25, 0.3) is 27.8 Å². The molecule has 47 heavy (non-hydrogen) atoms. The van der Waals surface area contributed by atoms with E-state index in [1.807, 2.05) is 162 Å². The average Bonchev–Trinajstić information content (AvgIpc) is 3.49. The highest BCUT2D eigenvalue weighted by Gasteiger charge is 2.32. The topological polar surface area (TPSA) is 64.8 Å². The molecule has 8 aromatic rings. The fraction of sp³-hybridized carbons (Fsp3) is 0. The number of aromatic nitrogens is 3. The fourth-order valence-electron chi connectivity index (χ4n) is 6.46. The first-order valence-electron chi connectivity index (χ1n) is 15.4. The van der Waals surface area contributed by atoms with Gasteiger partial charge in [-0.05, 0) is 42.5 Å². The molecule has 0 aliphatic carbocycles. The summed E-state index contributed by atoms with van der Waals surface area (Å²) in [4.78, 5) is 9.19. The molecule has 0 saturated carbocycles. The van der Waals surface area contributed by atoms with Gasteiger partial charge in [-0.15, -0.1) is 0 Å². The van der Waals surface area contributed by atoms with Crippen LogP contribution in [0.2, 0.25) is 0 Å². The van der Waals surface area contributed by atoms with Crippen LogP contribution in [0.1, 0.15) is 0 Å². The number of hydrogen-bond acceptors (Lipinski definition) is 4. The van der Waals surface area contributed by atoms with Crippen LogP contribution in [0.5, 0.6) is 0 Å². The maximum absolute atomic E-state index is 15.4. The lowest BCUT2D eigenvalue weighted by molar-refractivity contribution is 0.591. The molecule has 0 bridgehead atoms. The van der Waals surface area contributed by atoms with Crippen molar-refractivity contribution in [1.82, 2.24) is 14.5 Å². The summed E-state index contributed by atoms with van der Waals surface area (Å²) in [7, 11) is -6.51. The summed E-state index contributed by atoms with van der Waals surface area (Å²) in [6.07, 6.45) is 3.45. The maximum atomic E-state index is 15.4. The van der Waals surface area contributed by atoms with E-state index in [2.05, 4.69) is 9.97 Å². The minimum atomic E-state index is -3.26. The summed E-state index contributed by atoms with van der Waals surface area (Å²) in [6, 6.07) is 52.5. The molecule has 0 radical (unpaired) electrons. The second kappa shape index (κ2) is 11.8. The van der Waals surface area contributed by atoms with Crippen molar-refractivity contribution in [3.8, 4) is 5.95 Å². The van der Waals surface area contributed by atoms with E-state index in [-0.39, 0.29) is 0 Å². The summed E-state index contributed by atoms with van der Waals surface area (Å²) in [6.45, 7) is 0. The fourth-order valence-corrected chi connectivity index (χ4v) is 11.8. The van der Waals surface area contributed by atoms with Crippen molar-refractivity contribution in [3.05, 3.63) is 176 Å². The van der Waals surface area contributed by atoms with E-state index in [1.165, 1.54) is 0 Å². The molecule has 0 amide bonds. The van der Waals surface area contributed by atoms with Gasteiger partial charge in [0, 0.05) is 55.0 Å². The molecule has 0 aliphatic heterocycles. The third-order valence-electron chi connectivity index (χ3n) is 8.69. The van der Waals surface area contributed by atoms with Crippen molar-refractivity contribution in [2.24, 2.45) is 0 Å². The van der Waals surface area contributed by atoms with Gasteiger partial charge >= 0.3 is 0 Å². The minimum absolute atomic E-state index is 0.525. The zero-order valence-corrected chi connectivity index (χ0v) is 27.1. The highest BCUT2D eigenvalue weighted by molar-refractivity contribution is 7.85. The van der Waals surface area contributed by atoms with Gasteiger partial charge in [0.05, 0.1) is 11.0 Å². The van der Waals surface area contributed by atoms with E-state index in [0.717, 1.165) is 53.6 Å².